The number of nitrogens with zero attached hydrogens (tertiary/aromatic N) is 2. The molecule has 7 nitrogen and oxygen atoms in total. The van der Waals surface area contributed by atoms with Crippen LogP contribution in [0.2, 0.25) is 0 Å². The summed E-state index contributed by atoms with van der Waals surface area (Å²) in [5.74, 6) is 1.42. The van der Waals surface area contributed by atoms with Crippen molar-refractivity contribution < 1.29 is 14.3 Å². The first-order valence-electron chi connectivity index (χ1n) is 10.0. The van der Waals surface area contributed by atoms with Crippen LogP contribution in [0.3, 0.4) is 0 Å². The molecule has 0 aromatic carbocycles. The van der Waals surface area contributed by atoms with E-state index in [2.05, 4.69) is 36.3 Å². The molecule has 8 heteroatoms. The number of likely N-dealkylation sites (tertiary alicyclic amines) is 1. The first kappa shape index (κ1) is 24.3. The summed E-state index contributed by atoms with van der Waals surface area (Å²) in [7, 11) is 0. The molecule has 1 amide bonds. The van der Waals surface area contributed by atoms with Gasteiger partial charge in [-0.15, -0.1) is 24.0 Å². The SMILES string of the molecule is CCNC(=NCC(CC(C)C)NC(=O)OCC)N1CCC2(CCOC2)C1.I. The molecule has 2 fully saturated rings. The highest BCUT2D eigenvalue weighted by atomic mass is 127. The molecule has 0 radical (unpaired) electrons. The van der Waals surface area contributed by atoms with Gasteiger partial charge in [-0.25, -0.2) is 4.79 Å². The predicted molar refractivity (Wildman–Crippen MR) is 119 cm³/mol. The Hall–Kier alpha value is -0.770. The Morgan fingerprint density at radius 3 is 2.70 bits per heavy atom. The standard InChI is InChI=1S/C19H36N4O3.HI/c1-5-20-17(23-9-7-19(13-23)8-10-25-14-19)21-12-16(11-15(3)4)22-18(24)26-6-2;/h15-16H,5-14H2,1-4H3,(H,20,21)(H,22,24);1H. The number of rotatable bonds is 7. The molecule has 2 rings (SSSR count). The van der Waals surface area contributed by atoms with Gasteiger partial charge >= 0.3 is 6.09 Å². The number of guanidine groups is 1. The molecule has 2 atom stereocenters. The van der Waals surface area contributed by atoms with Crippen molar-refractivity contribution >= 4 is 36.0 Å². The lowest BCUT2D eigenvalue weighted by atomic mass is 9.87. The molecule has 0 aromatic rings. The third-order valence-corrected chi connectivity index (χ3v) is 5.07. The van der Waals surface area contributed by atoms with Gasteiger partial charge in [-0.3, -0.25) is 4.99 Å². The van der Waals surface area contributed by atoms with Crippen molar-refractivity contribution in [3.05, 3.63) is 0 Å². The lowest BCUT2D eigenvalue weighted by molar-refractivity contribution is 0.147. The molecular formula is C19H37IN4O3. The second-order valence-electron chi connectivity index (χ2n) is 7.86. The van der Waals surface area contributed by atoms with Gasteiger partial charge in [0.05, 0.1) is 25.8 Å². The van der Waals surface area contributed by atoms with Crippen LogP contribution in [0, 0.1) is 11.3 Å². The van der Waals surface area contributed by atoms with Gasteiger partial charge in [0, 0.05) is 31.7 Å². The summed E-state index contributed by atoms with van der Waals surface area (Å²) in [6, 6.07) is -0.0194. The number of ether oxygens (including phenoxy) is 2. The van der Waals surface area contributed by atoms with Gasteiger partial charge in [0.15, 0.2) is 5.96 Å². The molecule has 2 saturated heterocycles. The maximum atomic E-state index is 11.8. The third kappa shape index (κ3) is 7.63. The monoisotopic (exact) mass is 496 g/mol. The predicted octanol–water partition coefficient (Wildman–Crippen LogP) is 2.84. The molecule has 2 heterocycles. The minimum absolute atomic E-state index is 0. The Balaban J connectivity index is 0.00000364. The number of hydrogen-bond donors (Lipinski definition) is 2. The molecule has 0 aromatic heterocycles. The van der Waals surface area contributed by atoms with Crippen molar-refractivity contribution in [1.29, 1.82) is 0 Å². The summed E-state index contributed by atoms with van der Waals surface area (Å²) >= 11 is 0. The van der Waals surface area contributed by atoms with E-state index in [0.29, 0.717) is 24.5 Å². The highest BCUT2D eigenvalue weighted by molar-refractivity contribution is 14.0. The Morgan fingerprint density at radius 1 is 1.33 bits per heavy atom. The fourth-order valence-electron chi connectivity index (χ4n) is 3.80. The van der Waals surface area contributed by atoms with Crippen molar-refractivity contribution in [2.75, 3.05) is 46.0 Å². The highest BCUT2D eigenvalue weighted by Gasteiger charge is 2.42. The Labute approximate surface area is 181 Å². The molecule has 2 aliphatic rings. The number of amides is 1. The largest absolute Gasteiger partial charge is 0.450 e. The molecule has 1 spiro atoms. The third-order valence-electron chi connectivity index (χ3n) is 5.07. The first-order chi connectivity index (χ1) is 12.5. The molecule has 2 aliphatic heterocycles. The maximum Gasteiger partial charge on any atom is 0.407 e. The molecule has 0 saturated carbocycles. The zero-order chi connectivity index (χ0) is 19.0. The summed E-state index contributed by atoms with van der Waals surface area (Å²) < 4.78 is 10.7. The maximum absolute atomic E-state index is 11.8. The van der Waals surface area contributed by atoms with Crippen molar-refractivity contribution in [2.24, 2.45) is 16.3 Å². The van der Waals surface area contributed by atoms with Crippen LogP contribution in [-0.2, 0) is 9.47 Å². The Kier molecular flexibility index (Phi) is 10.7. The lowest BCUT2D eigenvalue weighted by Gasteiger charge is -2.26. The molecule has 2 unspecified atom stereocenters. The van der Waals surface area contributed by atoms with Crippen molar-refractivity contribution in [3.63, 3.8) is 0 Å². The minimum atomic E-state index is -0.360. The number of nitrogens with one attached hydrogen (secondary N) is 2. The average molecular weight is 496 g/mol. The molecular weight excluding hydrogens is 459 g/mol. The van der Waals surface area contributed by atoms with Crippen LogP contribution in [0.25, 0.3) is 0 Å². The number of alkyl carbamates (subject to hydrolysis) is 1. The number of halogens is 1. The second kappa shape index (κ2) is 11.9. The van der Waals surface area contributed by atoms with Gasteiger partial charge in [-0.1, -0.05) is 13.8 Å². The van der Waals surface area contributed by atoms with E-state index in [0.717, 1.165) is 58.1 Å². The van der Waals surface area contributed by atoms with Crippen LogP contribution in [0.1, 0.15) is 47.0 Å². The number of aliphatic imine (C=N–C) groups is 1. The van der Waals surface area contributed by atoms with Gasteiger partial charge < -0.3 is 25.0 Å². The zero-order valence-corrected chi connectivity index (χ0v) is 19.6. The van der Waals surface area contributed by atoms with E-state index < -0.39 is 0 Å². The molecule has 158 valence electrons. The Morgan fingerprint density at radius 2 is 2.11 bits per heavy atom. The van der Waals surface area contributed by atoms with Gasteiger partial charge in [0.2, 0.25) is 0 Å². The highest BCUT2D eigenvalue weighted by Crippen LogP contribution is 2.38. The van der Waals surface area contributed by atoms with Gasteiger partial charge in [0.1, 0.15) is 0 Å². The number of carbonyl (C=O) groups excluding carboxylic acids is 1. The zero-order valence-electron chi connectivity index (χ0n) is 17.3. The summed E-state index contributed by atoms with van der Waals surface area (Å²) in [6.45, 7) is 13.7. The van der Waals surface area contributed by atoms with E-state index in [1.165, 1.54) is 0 Å². The van der Waals surface area contributed by atoms with Gasteiger partial charge in [-0.2, -0.15) is 0 Å². The van der Waals surface area contributed by atoms with E-state index in [1.54, 1.807) is 0 Å². The van der Waals surface area contributed by atoms with Crippen LogP contribution < -0.4 is 10.6 Å². The molecule has 2 N–H and O–H groups in total. The summed E-state index contributed by atoms with van der Waals surface area (Å²) in [6.07, 6.45) is 2.82. The van der Waals surface area contributed by atoms with E-state index in [1.807, 2.05) is 6.92 Å². The summed E-state index contributed by atoms with van der Waals surface area (Å²) in [5.41, 5.74) is 0.302. The smallest absolute Gasteiger partial charge is 0.407 e. The van der Waals surface area contributed by atoms with Gasteiger partial charge in [0.25, 0.3) is 0 Å². The van der Waals surface area contributed by atoms with Crippen molar-refractivity contribution in [1.82, 2.24) is 15.5 Å². The fourth-order valence-corrected chi connectivity index (χ4v) is 3.80. The van der Waals surface area contributed by atoms with Crippen molar-refractivity contribution in [3.8, 4) is 0 Å². The number of hydrogen-bond acceptors (Lipinski definition) is 4. The topological polar surface area (TPSA) is 75.2 Å². The first-order valence-corrected chi connectivity index (χ1v) is 10.0. The normalized spacial score (nSPS) is 23.4. The summed E-state index contributed by atoms with van der Waals surface area (Å²) in [4.78, 5) is 19.0. The average Bonchev–Trinajstić information content (AvgIpc) is 3.21. The molecule has 0 bridgehead atoms. The van der Waals surface area contributed by atoms with Crippen LogP contribution in [0.4, 0.5) is 4.79 Å². The van der Waals surface area contributed by atoms with Crippen LogP contribution in [0.15, 0.2) is 4.99 Å². The van der Waals surface area contributed by atoms with Crippen molar-refractivity contribution in [2.45, 2.75) is 53.0 Å². The van der Waals surface area contributed by atoms with Gasteiger partial charge in [-0.05, 0) is 39.0 Å². The second-order valence-corrected chi connectivity index (χ2v) is 7.86. The molecule has 0 aliphatic carbocycles. The fraction of sp³-hybridized carbons (Fsp3) is 0.895. The van der Waals surface area contributed by atoms with E-state index in [-0.39, 0.29) is 36.1 Å². The minimum Gasteiger partial charge on any atom is -0.450 e. The van der Waals surface area contributed by atoms with E-state index in [9.17, 15) is 4.79 Å². The number of carbonyl (C=O) groups is 1. The summed E-state index contributed by atoms with van der Waals surface area (Å²) in [5, 5.41) is 6.36. The van der Waals surface area contributed by atoms with E-state index >= 15 is 0 Å². The quantitative estimate of drug-likeness (QED) is 0.322. The van der Waals surface area contributed by atoms with Crippen LogP contribution in [-0.4, -0.2) is 69.0 Å². The molecule has 27 heavy (non-hydrogen) atoms. The van der Waals surface area contributed by atoms with Crippen LogP contribution in [0.5, 0.6) is 0 Å². The van der Waals surface area contributed by atoms with Crippen LogP contribution >= 0.6 is 24.0 Å². The lowest BCUT2D eigenvalue weighted by Crippen LogP contribution is -2.43. The van der Waals surface area contributed by atoms with E-state index in [4.69, 9.17) is 14.5 Å². The Bertz CT molecular complexity index is 482.